The van der Waals surface area contributed by atoms with E-state index in [4.69, 9.17) is 16.3 Å². The summed E-state index contributed by atoms with van der Waals surface area (Å²) in [5.74, 6) is 1.41. The Hall–Kier alpha value is -2.51. The molecule has 1 aromatic heterocycles. The lowest BCUT2D eigenvalue weighted by Gasteiger charge is -2.10. The fraction of sp³-hybridized carbons (Fsp3) is 0.286. The van der Waals surface area contributed by atoms with Gasteiger partial charge in [0.25, 0.3) is 0 Å². The van der Waals surface area contributed by atoms with Crippen LogP contribution in [0.5, 0.6) is 5.75 Å². The number of hydrogen-bond acceptors (Lipinski definition) is 5. The Kier molecular flexibility index (Phi) is 6.82. The van der Waals surface area contributed by atoms with Crippen molar-refractivity contribution in [2.45, 2.75) is 32.5 Å². The largest absolute Gasteiger partial charge is 0.484 e. The summed E-state index contributed by atoms with van der Waals surface area (Å²) in [4.78, 5) is 12.3. The van der Waals surface area contributed by atoms with Crippen LogP contribution in [-0.4, -0.2) is 26.4 Å². The van der Waals surface area contributed by atoms with Crippen molar-refractivity contribution in [2.24, 2.45) is 7.05 Å². The van der Waals surface area contributed by atoms with E-state index in [2.05, 4.69) is 15.5 Å². The maximum atomic E-state index is 12.3. The van der Waals surface area contributed by atoms with Gasteiger partial charge in [0.05, 0.1) is 10.8 Å². The Labute approximate surface area is 179 Å². The summed E-state index contributed by atoms with van der Waals surface area (Å²) in [7, 11) is 1.85. The Morgan fingerprint density at radius 3 is 2.62 bits per heavy atom. The van der Waals surface area contributed by atoms with Gasteiger partial charge in [0.15, 0.2) is 11.0 Å². The summed E-state index contributed by atoms with van der Waals surface area (Å²) < 4.78 is 7.60. The number of thioether (sulfide) groups is 1. The standard InChI is InChI=1S/C21H23ClN4O2S/c1-13-6-8-17(15(3)9-13)23-20(27)12-29-21-25-24-19(26(21)4)11-28-18-10-14(2)5-7-16(18)22/h5-10H,11-12H2,1-4H3,(H,23,27). The molecule has 0 saturated carbocycles. The summed E-state index contributed by atoms with van der Waals surface area (Å²) in [6.07, 6.45) is 0. The minimum Gasteiger partial charge on any atom is -0.484 e. The van der Waals surface area contributed by atoms with Crippen LogP contribution in [0, 0.1) is 20.8 Å². The molecule has 1 amide bonds. The zero-order valence-electron chi connectivity index (χ0n) is 16.8. The highest BCUT2D eigenvalue weighted by molar-refractivity contribution is 7.99. The SMILES string of the molecule is Cc1ccc(NC(=O)CSc2nnc(COc3cc(C)ccc3Cl)n2C)c(C)c1. The van der Waals surface area contributed by atoms with Crippen LogP contribution in [0.2, 0.25) is 5.02 Å². The number of carbonyl (C=O) groups is 1. The molecule has 3 aromatic rings. The number of benzene rings is 2. The third-order valence-corrected chi connectivity index (χ3v) is 5.69. The van der Waals surface area contributed by atoms with Gasteiger partial charge in [-0.1, -0.05) is 47.1 Å². The molecule has 6 nitrogen and oxygen atoms in total. The molecule has 1 heterocycles. The van der Waals surface area contributed by atoms with Crippen molar-refractivity contribution in [2.75, 3.05) is 11.1 Å². The second-order valence-corrected chi connectivity index (χ2v) is 8.19. The molecule has 3 rings (SSSR count). The van der Waals surface area contributed by atoms with Gasteiger partial charge in [-0.15, -0.1) is 10.2 Å². The molecule has 29 heavy (non-hydrogen) atoms. The lowest BCUT2D eigenvalue weighted by molar-refractivity contribution is -0.113. The van der Waals surface area contributed by atoms with Gasteiger partial charge in [0.2, 0.25) is 5.91 Å². The van der Waals surface area contributed by atoms with E-state index < -0.39 is 0 Å². The van der Waals surface area contributed by atoms with Gasteiger partial charge in [-0.2, -0.15) is 0 Å². The molecule has 2 aromatic carbocycles. The maximum Gasteiger partial charge on any atom is 0.234 e. The normalized spacial score (nSPS) is 10.8. The first-order valence-corrected chi connectivity index (χ1v) is 10.5. The molecule has 152 valence electrons. The molecular formula is C21H23ClN4O2S. The molecule has 0 atom stereocenters. The number of hydrogen-bond donors (Lipinski definition) is 1. The van der Waals surface area contributed by atoms with Gasteiger partial charge in [0.1, 0.15) is 12.4 Å². The van der Waals surface area contributed by atoms with E-state index in [0.29, 0.717) is 21.8 Å². The van der Waals surface area contributed by atoms with Gasteiger partial charge in [0, 0.05) is 12.7 Å². The molecule has 8 heteroatoms. The maximum absolute atomic E-state index is 12.3. The van der Waals surface area contributed by atoms with Gasteiger partial charge in [-0.05, 0) is 50.1 Å². The first-order chi connectivity index (χ1) is 13.8. The van der Waals surface area contributed by atoms with Gasteiger partial charge in [-0.3, -0.25) is 4.79 Å². The second kappa shape index (κ2) is 9.33. The highest BCUT2D eigenvalue weighted by Gasteiger charge is 2.13. The predicted octanol–water partition coefficient (Wildman–Crippen LogP) is 4.70. The zero-order valence-corrected chi connectivity index (χ0v) is 18.4. The number of anilines is 1. The number of carbonyl (C=O) groups excluding carboxylic acids is 1. The predicted molar refractivity (Wildman–Crippen MR) is 117 cm³/mol. The van der Waals surface area contributed by atoms with Crippen molar-refractivity contribution in [3.63, 3.8) is 0 Å². The molecule has 1 N–H and O–H groups in total. The monoisotopic (exact) mass is 430 g/mol. The zero-order chi connectivity index (χ0) is 21.0. The number of amides is 1. The van der Waals surface area contributed by atoms with E-state index in [0.717, 1.165) is 22.4 Å². The molecule has 0 aliphatic carbocycles. The molecule has 0 aliphatic heterocycles. The van der Waals surface area contributed by atoms with Crippen LogP contribution in [0.1, 0.15) is 22.5 Å². The van der Waals surface area contributed by atoms with Crippen molar-refractivity contribution < 1.29 is 9.53 Å². The molecular weight excluding hydrogens is 408 g/mol. The Balaban J connectivity index is 1.56. The van der Waals surface area contributed by atoms with E-state index in [1.807, 2.05) is 62.7 Å². The van der Waals surface area contributed by atoms with Crippen LogP contribution in [0.4, 0.5) is 5.69 Å². The molecule has 0 radical (unpaired) electrons. The topological polar surface area (TPSA) is 69.0 Å². The number of halogens is 1. The van der Waals surface area contributed by atoms with E-state index >= 15 is 0 Å². The average molecular weight is 431 g/mol. The van der Waals surface area contributed by atoms with Gasteiger partial charge in [-0.25, -0.2) is 0 Å². The number of ether oxygens (including phenoxy) is 1. The number of rotatable bonds is 7. The molecule has 0 bridgehead atoms. The van der Waals surface area contributed by atoms with Gasteiger partial charge < -0.3 is 14.6 Å². The number of aromatic nitrogens is 3. The fourth-order valence-electron chi connectivity index (χ4n) is 2.73. The van der Waals surface area contributed by atoms with E-state index in [9.17, 15) is 4.79 Å². The third-order valence-electron chi connectivity index (χ3n) is 4.36. The first kappa shape index (κ1) is 21.2. The minimum absolute atomic E-state index is 0.0886. The summed E-state index contributed by atoms with van der Waals surface area (Å²) in [5.41, 5.74) is 4.09. The van der Waals surface area contributed by atoms with Crippen molar-refractivity contribution in [1.29, 1.82) is 0 Å². The number of nitrogens with zero attached hydrogens (tertiary/aromatic N) is 3. The highest BCUT2D eigenvalue weighted by atomic mass is 35.5. The van der Waals surface area contributed by atoms with Crippen LogP contribution < -0.4 is 10.1 Å². The summed E-state index contributed by atoms with van der Waals surface area (Å²) in [5, 5.41) is 12.5. The van der Waals surface area contributed by atoms with Crippen LogP contribution >= 0.6 is 23.4 Å². The van der Waals surface area contributed by atoms with Crippen LogP contribution in [0.25, 0.3) is 0 Å². The van der Waals surface area contributed by atoms with E-state index in [1.165, 1.54) is 11.8 Å². The van der Waals surface area contributed by atoms with Crippen molar-refractivity contribution in [3.8, 4) is 5.75 Å². The molecule has 0 saturated heterocycles. The second-order valence-electron chi connectivity index (χ2n) is 6.84. The highest BCUT2D eigenvalue weighted by Crippen LogP contribution is 2.26. The van der Waals surface area contributed by atoms with Crippen molar-refractivity contribution in [1.82, 2.24) is 14.8 Å². The van der Waals surface area contributed by atoms with Crippen LogP contribution in [-0.2, 0) is 18.4 Å². The minimum atomic E-state index is -0.0886. The average Bonchev–Trinajstić information content (AvgIpc) is 3.03. The summed E-state index contributed by atoms with van der Waals surface area (Å²) >= 11 is 7.49. The Bertz CT molecular complexity index is 1040. The lowest BCUT2D eigenvalue weighted by Crippen LogP contribution is -2.15. The van der Waals surface area contributed by atoms with Gasteiger partial charge >= 0.3 is 0 Å². The summed E-state index contributed by atoms with van der Waals surface area (Å²) in [6.45, 7) is 6.22. The molecule has 0 fully saturated rings. The van der Waals surface area contributed by atoms with Crippen LogP contribution in [0.3, 0.4) is 0 Å². The molecule has 0 spiro atoms. The molecule has 0 unspecified atom stereocenters. The van der Waals surface area contributed by atoms with E-state index in [1.54, 1.807) is 6.07 Å². The van der Waals surface area contributed by atoms with Crippen molar-refractivity contribution >= 4 is 35.0 Å². The van der Waals surface area contributed by atoms with Crippen LogP contribution in [0.15, 0.2) is 41.6 Å². The van der Waals surface area contributed by atoms with Crippen molar-refractivity contribution in [3.05, 3.63) is 63.9 Å². The molecule has 0 aliphatic rings. The third kappa shape index (κ3) is 5.52. The number of aryl methyl sites for hydroxylation is 3. The summed E-state index contributed by atoms with van der Waals surface area (Å²) in [6, 6.07) is 11.5. The number of nitrogens with one attached hydrogen (secondary N) is 1. The fourth-order valence-corrected chi connectivity index (χ4v) is 3.63. The smallest absolute Gasteiger partial charge is 0.234 e. The van der Waals surface area contributed by atoms with E-state index in [-0.39, 0.29) is 18.3 Å². The quantitative estimate of drug-likeness (QED) is 0.550. The first-order valence-electron chi connectivity index (χ1n) is 9.10. The lowest BCUT2D eigenvalue weighted by atomic mass is 10.1. The Morgan fingerprint density at radius 2 is 1.86 bits per heavy atom. The Morgan fingerprint density at radius 1 is 1.14 bits per heavy atom.